The Kier molecular flexibility index (Phi) is 7.34. The van der Waals surface area contributed by atoms with Crippen LogP contribution in [0.2, 0.25) is 0 Å². The van der Waals surface area contributed by atoms with E-state index in [9.17, 15) is 9.59 Å². The largest absolute Gasteiger partial charge is 0.444 e. The van der Waals surface area contributed by atoms with E-state index in [4.69, 9.17) is 9.57 Å². The van der Waals surface area contributed by atoms with Crippen LogP contribution in [0.15, 0.2) is 48.5 Å². The predicted molar refractivity (Wildman–Crippen MR) is 108 cm³/mol. The molecule has 0 heterocycles. The summed E-state index contributed by atoms with van der Waals surface area (Å²) in [5, 5.41) is 3.51. The van der Waals surface area contributed by atoms with Crippen LogP contribution in [0.1, 0.15) is 26.3 Å². The van der Waals surface area contributed by atoms with Gasteiger partial charge in [0, 0.05) is 19.0 Å². The Morgan fingerprint density at radius 3 is 2.34 bits per heavy atom. The van der Waals surface area contributed by atoms with Crippen LogP contribution in [0.5, 0.6) is 0 Å². The van der Waals surface area contributed by atoms with Gasteiger partial charge in [0.25, 0.3) is 5.91 Å². The second kappa shape index (κ2) is 9.52. The van der Waals surface area contributed by atoms with Crippen molar-refractivity contribution in [2.45, 2.75) is 38.8 Å². The molecule has 0 aromatic heterocycles. The second-order valence-corrected chi connectivity index (χ2v) is 7.57. The number of likely N-dealkylation sites (N-methyl/N-ethyl adjacent to an activating group) is 1. The molecule has 0 aliphatic heterocycles. The summed E-state index contributed by atoms with van der Waals surface area (Å²) in [5.41, 5.74) is 0.712. The van der Waals surface area contributed by atoms with Crippen LogP contribution in [0.25, 0.3) is 11.1 Å². The Morgan fingerprint density at radius 2 is 1.76 bits per heavy atom. The van der Waals surface area contributed by atoms with Gasteiger partial charge < -0.3 is 10.1 Å². The highest BCUT2D eigenvalue weighted by atomic mass is 19.1. The van der Waals surface area contributed by atoms with Crippen LogP contribution in [-0.4, -0.2) is 42.9 Å². The molecular weight excluding hydrogens is 375 g/mol. The Bertz CT molecular complexity index is 850. The maximum absolute atomic E-state index is 15.2. The molecule has 0 radical (unpaired) electrons. The number of amides is 2. The Hall–Kier alpha value is -2.93. The number of carbonyl (C=O) groups is 2. The van der Waals surface area contributed by atoms with E-state index in [1.807, 2.05) is 30.3 Å². The first-order valence-corrected chi connectivity index (χ1v) is 9.26. The van der Waals surface area contributed by atoms with E-state index in [-0.39, 0.29) is 6.42 Å². The minimum absolute atomic E-state index is 0.0573. The number of ether oxygens (including phenoxy) is 1. The summed E-state index contributed by atoms with van der Waals surface area (Å²) in [6, 6.07) is 13.0. The van der Waals surface area contributed by atoms with Gasteiger partial charge in [-0.2, -0.15) is 0 Å². The molecule has 156 valence electrons. The maximum atomic E-state index is 15.2. The first kappa shape index (κ1) is 22.4. The van der Waals surface area contributed by atoms with Gasteiger partial charge in [-0.15, -0.1) is 0 Å². The Labute approximate surface area is 170 Å². The van der Waals surface area contributed by atoms with Gasteiger partial charge in [-0.3, -0.25) is 9.63 Å². The highest BCUT2D eigenvalue weighted by Crippen LogP contribution is 2.25. The SMILES string of the molecule is CON(C)C(=O)C(Cc1cccc(-c2ccccc2)c1F)NC(=O)OC(C)(C)C. The predicted octanol–water partition coefficient (Wildman–Crippen LogP) is 3.95. The molecule has 1 atom stereocenters. The number of carbonyl (C=O) groups excluding carboxylic acids is 2. The smallest absolute Gasteiger partial charge is 0.408 e. The third-order valence-electron chi connectivity index (χ3n) is 4.16. The quantitative estimate of drug-likeness (QED) is 0.743. The molecular formula is C22H27FN2O4. The first-order valence-electron chi connectivity index (χ1n) is 9.26. The number of hydroxylamine groups is 2. The molecule has 0 bridgehead atoms. The van der Waals surface area contributed by atoms with Crippen molar-refractivity contribution < 1.29 is 23.6 Å². The van der Waals surface area contributed by atoms with Crippen molar-refractivity contribution in [1.29, 1.82) is 0 Å². The summed E-state index contributed by atoms with van der Waals surface area (Å²) >= 11 is 0. The van der Waals surface area contributed by atoms with Crippen molar-refractivity contribution in [2.24, 2.45) is 0 Å². The van der Waals surface area contributed by atoms with Crippen LogP contribution in [0.4, 0.5) is 9.18 Å². The lowest BCUT2D eigenvalue weighted by atomic mass is 9.98. The van der Waals surface area contributed by atoms with E-state index in [0.717, 1.165) is 10.6 Å². The number of nitrogens with zero attached hydrogens (tertiary/aromatic N) is 1. The summed E-state index contributed by atoms with van der Waals surface area (Å²) in [6.07, 6.45) is -0.821. The number of alkyl carbamates (subject to hydrolysis) is 1. The van der Waals surface area contributed by atoms with Crippen molar-refractivity contribution in [3.05, 3.63) is 59.9 Å². The zero-order chi connectivity index (χ0) is 21.6. The number of hydrogen-bond acceptors (Lipinski definition) is 4. The van der Waals surface area contributed by atoms with Crippen LogP contribution >= 0.6 is 0 Å². The molecule has 0 saturated heterocycles. The summed E-state index contributed by atoms with van der Waals surface area (Å²) < 4.78 is 20.4. The second-order valence-electron chi connectivity index (χ2n) is 7.57. The third-order valence-corrected chi connectivity index (χ3v) is 4.16. The molecule has 0 spiro atoms. The first-order chi connectivity index (χ1) is 13.6. The van der Waals surface area contributed by atoms with Gasteiger partial charge in [0.1, 0.15) is 17.5 Å². The van der Waals surface area contributed by atoms with Gasteiger partial charge >= 0.3 is 6.09 Å². The molecule has 2 aromatic rings. The fourth-order valence-corrected chi connectivity index (χ4v) is 2.76. The average Bonchev–Trinajstić information content (AvgIpc) is 2.67. The van der Waals surface area contributed by atoms with E-state index >= 15 is 4.39 Å². The van der Waals surface area contributed by atoms with Crippen LogP contribution in [0.3, 0.4) is 0 Å². The standard InChI is InChI=1S/C22H27FN2O4/c1-22(2,3)29-21(27)24-18(20(26)25(4)28-5)14-16-12-9-13-17(19(16)23)15-10-7-6-8-11-15/h6-13,18H,14H2,1-5H3,(H,24,27). The summed E-state index contributed by atoms with van der Waals surface area (Å²) in [4.78, 5) is 29.8. The molecule has 2 amide bonds. The fourth-order valence-electron chi connectivity index (χ4n) is 2.76. The van der Waals surface area contributed by atoms with Crippen molar-refractivity contribution >= 4 is 12.0 Å². The monoisotopic (exact) mass is 402 g/mol. The highest BCUT2D eigenvalue weighted by Gasteiger charge is 2.28. The van der Waals surface area contributed by atoms with Gasteiger partial charge in [-0.1, -0.05) is 48.5 Å². The van der Waals surface area contributed by atoms with Gasteiger partial charge in [-0.25, -0.2) is 14.2 Å². The maximum Gasteiger partial charge on any atom is 0.408 e. The molecule has 0 aliphatic carbocycles. The van der Waals surface area contributed by atoms with E-state index in [1.165, 1.54) is 14.2 Å². The fraction of sp³-hybridized carbons (Fsp3) is 0.364. The molecule has 2 aromatic carbocycles. The number of benzene rings is 2. The van der Waals surface area contributed by atoms with Crippen molar-refractivity contribution in [3.63, 3.8) is 0 Å². The lowest BCUT2D eigenvalue weighted by Crippen LogP contribution is -2.49. The lowest BCUT2D eigenvalue weighted by Gasteiger charge is -2.25. The van der Waals surface area contributed by atoms with Gasteiger partial charge in [0.15, 0.2) is 0 Å². The summed E-state index contributed by atoms with van der Waals surface area (Å²) in [6.45, 7) is 5.15. The normalized spacial score (nSPS) is 12.2. The van der Waals surface area contributed by atoms with E-state index in [1.54, 1.807) is 39.0 Å². The van der Waals surface area contributed by atoms with Crippen molar-refractivity contribution in [1.82, 2.24) is 10.4 Å². The Balaban J connectivity index is 2.31. The molecule has 7 heteroatoms. The van der Waals surface area contributed by atoms with Crippen LogP contribution < -0.4 is 5.32 Å². The molecule has 1 unspecified atom stereocenters. The molecule has 29 heavy (non-hydrogen) atoms. The highest BCUT2D eigenvalue weighted by molar-refractivity contribution is 5.85. The number of rotatable bonds is 6. The molecule has 0 aliphatic rings. The minimum Gasteiger partial charge on any atom is -0.444 e. The number of hydrogen-bond donors (Lipinski definition) is 1. The minimum atomic E-state index is -1.06. The van der Waals surface area contributed by atoms with Crippen LogP contribution in [0, 0.1) is 5.82 Å². The summed E-state index contributed by atoms with van der Waals surface area (Å²) in [5.74, 6) is -0.967. The summed E-state index contributed by atoms with van der Waals surface area (Å²) in [7, 11) is 2.75. The Morgan fingerprint density at radius 1 is 1.10 bits per heavy atom. The lowest BCUT2D eigenvalue weighted by molar-refractivity contribution is -0.171. The molecule has 2 rings (SSSR count). The molecule has 1 N–H and O–H groups in total. The van der Waals surface area contributed by atoms with Gasteiger partial charge in [0.2, 0.25) is 0 Å². The number of halogens is 1. The van der Waals surface area contributed by atoms with Crippen molar-refractivity contribution in [2.75, 3.05) is 14.2 Å². The molecule has 6 nitrogen and oxygen atoms in total. The van der Waals surface area contributed by atoms with Crippen molar-refractivity contribution in [3.8, 4) is 11.1 Å². The zero-order valence-electron chi connectivity index (χ0n) is 17.4. The zero-order valence-corrected chi connectivity index (χ0v) is 17.4. The number of nitrogens with one attached hydrogen (secondary N) is 1. The van der Waals surface area contributed by atoms with E-state index in [0.29, 0.717) is 11.1 Å². The third kappa shape index (κ3) is 6.29. The van der Waals surface area contributed by atoms with E-state index in [2.05, 4.69) is 5.32 Å². The van der Waals surface area contributed by atoms with Gasteiger partial charge in [0.05, 0.1) is 7.11 Å². The van der Waals surface area contributed by atoms with Crippen LogP contribution in [-0.2, 0) is 20.8 Å². The average molecular weight is 402 g/mol. The van der Waals surface area contributed by atoms with E-state index < -0.39 is 29.5 Å². The topological polar surface area (TPSA) is 67.9 Å². The molecule has 0 fully saturated rings. The molecule has 0 saturated carbocycles. The van der Waals surface area contributed by atoms with Gasteiger partial charge in [-0.05, 0) is 31.9 Å².